The molecule has 0 radical (unpaired) electrons. The van der Waals surface area contributed by atoms with E-state index in [4.69, 9.17) is 10.5 Å². The zero-order chi connectivity index (χ0) is 21.7. The SMILES string of the molecule is Cc1c(-c2cc3cc(NC(=O)NC4CC4F)ncc3c(N)c2F)cnc2c1NCCO2. The van der Waals surface area contributed by atoms with Gasteiger partial charge < -0.3 is 21.1 Å². The van der Waals surface area contributed by atoms with E-state index in [9.17, 15) is 9.18 Å². The van der Waals surface area contributed by atoms with E-state index in [1.54, 1.807) is 18.3 Å². The van der Waals surface area contributed by atoms with Gasteiger partial charge >= 0.3 is 6.03 Å². The van der Waals surface area contributed by atoms with Crippen LogP contribution in [-0.4, -0.2) is 41.4 Å². The molecule has 0 spiro atoms. The predicted octanol–water partition coefficient (Wildman–Crippen LogP) is 3.36. The largest absolute Gasteiger partial charge is 0.474 e. The van der Waals surface area contributed by atoms with Crippen LogP contribution in [0.3, 0.4) is 0 Å². The number of rotatable bonds is 3. The van der Waals surface area contributed by atoms with Crippen molar-refractivity contribution in [2.75, 3.05) is 29.5 Å². The second-order valence-corrected chi connectivity index (χ2v) is 7.65. The molecule has 8 nitrogen and oxygen atoms in total. The number of benzene rings is 1. The minimum Gasteiger partial charge on any atom is -0.474 e. The fourth-order valence-corrected chi connectivity index (χ4v) is 3.69. The highest BCUT2D eigenvalue weighted by atomic mass is 19.1. The van der Waals surface area contributed by atoms with Crippen molar-refractivity contribution in [1.29, 1.82) is 0 Å². The molecule has 2 aromatic heterocycles. The molecule has 3 heterocycles. The van der Waals surface area contributed by atoms with Crippen molar-refractivity contribution in [3.63, 3.8) is 0 Å². The number of ether oxygens (including phenoxy) is 1. The molecule has 1 aliphatic carbocycles. The zero-order valence-corrected chi connectivity index (χ0v) is 16.6. The smallest absolute Gasteiger partial charge is 0.320 e. The number of carbonyl (C=O) groups excluding carboxylic acids is 1. The fraction of sp³-hybridized carbons (Fsp3) is 0.286. The molecule has 0 saturated heterocycles. The fourth-order valence-electron chi connectivity index (χ4n) is 3.69. The molecular weight excluding hydrogens is 406 g/mol. The first-order valence-corrected chi connectivity index (χ1v) is 9.88. The number of hydrogen-bond acceptors (Lipinski definition) is 6. The van der Waals surface area contributed by atoms with E-state index in [-0.39, 0.29) is 17.1 Å². The molecule has 160 valence electrons. The van der Waals surface area contributed by atoms with Gasteiger partial charge in [-0.1, -0.05) is 0 Å². The van der Waals surface area contributed by atoms with E-state index >= 15 is 4.39 Å². The highest BCUT2D eigenvalue weighted by molar-refractivity contribution is 6.00. The first-order valence-electron chi connectivity index (χ1n) is 9.88. The Morgan fingerprint density at radius 1 is 1.29 bits per heavy atom. The molecule has 3 aromatic rings. The normalized spacial score (nSPS) is 19.2. The predicted molar refractivity (Wildman–Crippen MR) is 114 cm³/mol. The average Bonchev–Trinajstić information content (AvgIpc) is 3.45. The summed E-state index contributed by atoms with van der Waals surface area (Å²) >= 11 is 0. The number of carbonyl (C=O) groups is 1. The molecule has 2 amide bonds. The van der Waals surface area contributed by atoms with Crippen LogP contribution in [0.5, 0.6) is 5.88 Å². The summed E-state index contributed by atoms with van der Waals surface area (Å²) < 4.78 is 33.7. The van der Waals surface area contributed by atoms with Gasteiger partial charge in [-0.3, -0.25) is 5.32 Å². The molecule has 1 fully saturated rings. The molecule has 1 saturated carbocycles. The lowest BCUT2D eigenvalue weighted by molar-refractivity contribution is 0.250. The number of fused-ring (bicyclic) bond motifs is 2. The Kier molecular flexibility index (Phi) is 4.49. The van der Waals surface area contributed by atoms with Crippen molar-refractivity contribution in [3.05, 3.63) is 35.9 Å². The summed E-state index contributed by atoms with van der Waals surface area (Å²) in [6.07, 6.45) is 2.26. The van der Waals surface area contributed by atoms with Gasteiger partial charge in [0.2, 0.25) is 5.88 Å². The van der Waals surface area contributed by atoms with Gasteiger partial charge in [-0.05, 0) is 30.0 Å². The molecule has 5 rings (SSSR count). The van der Waals surface area contributed by atoms with Crippen molar-refractivity contribution in [3.8, 4) is 17.0 Å². The van der Waals surface area contributed by atoms with E-state index in [2.05, 4.69) is 25.9 Å². The number of urea groups is 1. The van der Waals surface area contributed by atoms with E-state index in [1.807, 2.05) is 6.92 Å². The van der Waals surface area contributed by atoms with E-state index in [0.717, 1.165) is 11.3 Å². The summed E-state index contributed by atoms with van der Waals surface area (Å²) in [5.74, 6) is 0.153. The highest BCUT2D eigenvalue weighted by Crippen LogP contribution is 2.39. The molecule has 1 aromatic carbocycles. The van der Waals surface area contributed by atoms with E-state index in [0.29, 0.717) is 41.8 Å². The van der Waals surface area contributed by atoms with Crippen molar-refractivity contribution in [1.82, 2.24) is 15.3 Å². The lowest BCUT2D eigenvalue weighted by atomic mass is 9.97. The van der Waals surface area contributed by atoms with Crippen LogP contribution in [0.1, 0.15) is 12.0 Å². The third-order valence-electron chi connectivity index (χ3n) is 5.51. The van der Waals surface area contributed by atoms with Gasteiger partial charge in [0.05, 0.1) is 11.7 Å². The van der Waals surface area contributed by atoms with Gasteiger partial charge in [-0.15, -0.1) is 0 Å². The summed E-state index contributed by atoms with van der Waals surface area (Å²) in [7, 11) is 0. The summed E-state index contributed by atoms with van der Waals surface area (Å²) in [6.45, 7) is 3.00. The van der Waals surface area contributed by atoms with Crippen LogP contribution in [0.4, 0.5) is 30.8 Å². The summed E-state index contributed by atoms with van der Waals surface area (Å²) in [5.41, 5.74) is 8.40. The number of pyridine rings is 2. The van der Waals surface area contributed by atoms with Crippen LogP contribution in [0.15, 0.2) is 24.5 Å². The maximum Gasteiger partial charge on any atom is 0.320 e. The molecule has 5 N–H and O–H groups in total. The summed E-state index contributed by atoms with van der Waals surface area (Å²) in [5, 5.41) is 9.33. The second-order valence-electron chi connectivity index (χ2n) is 7.65. The number of nitrogens with zero attached hydrogens (tertiary/aromatic N) is 2. The molecule has 2 atom stereocenters. The number of anilines is 3. The third-order valence-corrected chi connectivity index (χ3v) is 5.51. The topological polar surface area (TPSA) is 114 Å². The molecule has 31 heavy (non-hydrogen) atoms. The van der Waals surface area contributed by atoms with Gasteiger partial charge in [0.15, 0.2) is 5.82 Å². The van der Waals surface area contributed by atoms with Crippen molar-refractivity contribution in [2.24, 2.45) is 0 Å². The Labute approximate surface area is 176 Å². The summed E-state index contributed by atoms with van der Waals surface area (Å²) in [4.78, 5) is 20.4. The molecule has 1 aliphatic heterocycles. The number of amides is 2. The number of halogens is 2. The Bertz CT molecular complexity index is 1220. The number of nitrogens with two attached hydrogens (primary N) is 1. The lowest BCUT2D eigenvalue weighted by Gasteiger charge is -2.22. The van der Waals surface area contributed by atoms with Crippen molar-refractivity contribution < 1.29 is 18.3 Å². The Hall–Kier alpha value is -3.69. The monoisotopic (exact) mass is 426 g/mol. The first-order chi connectivity index (χ1) is 14.9. The third kappa shape index (κ3) is 3.43. The van der Waals surface area contributed by atoms with Crippen LogP contribution in [0.2, 0.25) is 0 Å². The van der Waals surface area contributed by atoms with Gasteiger partial charge in [-0.25, -0.2) is 23.5 Å². The molecule has 2 aliphatic rings. The first kappa shape index (κ1) is 19.3. The maximum absolute atomic E-state index is 15.2. The van der Waals surface area contributed by atoms with Crippen molar-refractivity contribution in [2.45, 2.75) is 25.6 Å². The Morgan fingerprint density at radius 2 is 2.10 bits per heavy atom. The number of aromatic nitrogens is 2. The number of nitrogen functional groups attached to an aromatic ring is 1. The minimum atomic E-state index is -1.01. The molecule has 2 unspecified atom stereocenters. The van der Waals surface area contributed by atoms with Gasteiger partial charge in [0, 0.05) is 41.9 Å². The number of hydrogen-bond donors (Lipinski definition) is 4. The Balaban J connectivity index is 1.53. The number of nitrogens with one attached hydrogen (secondary N) is 3. The van der Waals surface area contributed by atoms with E-state index in [1.165, 1.54) is 6.20 Å². The van der Waals surface area contributed by atoms with Crippen molar-refractivity contribution >= 4 is 34.0 Å². The van der Waals surface area contributed by atoms with Gasteiger partial charge in [0.25, 0.3) is 0 Å². The lowest BCUT2D eigenvalue weighted by Crippen LogP contribution is -2.32. The Morgan fingerprint density at radius 3 is 2.87 bits per heavy atom. The van der Waals surface area contributed by atoms with Gasteiger partial charge in [-0.2, -0.15) is 0 Å². The molecule has 0 bridgehead atoms. The number of alkyl halides is 1. The van der Waals surface area contributed by atoms with Crippen LogP contribution in [-0.2, 0) is 0 Å². The summed E-state index contributed by atoms with van der Waals surface area (Å²) in [6, 6.07) is 2.22. The van der Waals surface area contributed by atoms with Gasteiger partial charge in [0.1, 0.15) is 24.3 Å². The maximum atomic E-state index is 15.2. The average molecular weight is 426 g/mol. The van der Waals surface area contributed by atoms with Crippen LogP contribution in [0, 0.1) is 12.7 Å². The highest BCUT2D eigenvalue weighted by Gasteiger charge is 2.38. The standard InChI is InChI=1S/C21H20F2N6O2/c1-9-12(7-27-20-19(9)25-2-3-31-20)11-4-10-5-16(26-8-13(10)18(24)17(11)23)29-21(30)28-15-6-14(15)22/h4-5,7-8,14-15,25H,2-3,6,24H2,1H3,(H2,26,28,29,30). The van der Waals surface area contributed by atoms with Crippen LogP contribution < -0.4 is 26.4 Å². The quantitative estimate of drug-likeness (QED) is 0.478. The van der Waals surface area contributed by atoms with Crippen LogP contribution >= 0.6 is 0 Å². The minimum absolute atomic E-state index is 0.0458. The zero-order valence-electron chi connectivity index (χ0n) is 16.6. The van der Waals surface area contributed by atoms with Crippen LogP contribution in [0.25, 0.3) is 21.9 Å². The molecular formula is C21H20F2N6O2. The molecule has 10 heteroatoms. The van der Waals surface area contributed by atoms with E-state index < -0.39 is 24.1 Å². The second kappa shape index (κ2) is 7.22.